The van der Waals surface area contributed by atoms with Crippen LogP contribution in [0.25, 0.3) is 11.0 Å². The molecule has 0 saturated heterocycles. The molecule has 0 unspecified atom stereocenters. The van der Waals surface area contributed by atoms with Gasteiger partial charge in [-0.05, 0) is 17.4 Å². The van der Waals surface area contributed by atoms with Crippen molar-refractivity contribution >= 4 is 11.0 Å². The standard InChI is InChI=1S/C14H18O.C2H6/c1-10(2)14(3,4)12-7-5-6-11-8-9-15-13(11)12;1-2/h5-10H,1-4H3;1-2H3. The zero-order valence-electron chi connectivity index (χ0n) is 11.9. The van der Waals surface area contributed by atoms with Gasteiger partial charge in [0.05, 0.1) is 6.26 Å². The summed E-state index contributed by atoms with van der Waals surface area (Å²) in [5, 5.41) is 1.20. The molecule has 0 fully saturated rings. The summed E-state index contributed by atoms with van der Waals surface area (Å²) in [5.74, 6) is 0.591. The molecule has 1 heterocycles. The lowest BCUT2D eigenvalue weighted by molar-refractivity contribution is 0.370. The van der Waals surface area contributed by atoms with Crippen LogP contribution in [0.1, 0.15) is 47.1 Å². The summed E-state index contributed by atoms with van der Waals surface area (Å²) in [6.07, 6.45) is 1.77. The molecule has 2 rings (SSSR count). The summed E-state index contributed by atoms with van der Waals surface area (Å²) in [6.45, 7) is 13.0. The van der Waals surface area contributed by atoms with E-state index in [0.29, 0.717) is 5.92 Å². The molecule has 0 saturated carbocycles. The fraction of sp³-hybridized carbons (Fsp3) is 0.500. The van der Waals surface area contributed by atoms with Crippen molar-refractivity contribution in [1.29, 1.82) is 0 Å². The van der Waals surface area contributed by atoms with Crippen LogP contribution in [0.15, 0.2) is 34.9 Å². The normalized spacial score (nSPS) is 11.5. The van der Waals surface area contributed by atoms with Gasteiger partial charge in [-0.25, -0.2) is 0 Å². The predicted octanol–water partition coefficient (Wildman–Crippen LogP) is 5.39. The Kier molecular flexibility index (Phi) is 4.39. The molecule has 0 amide bonds. The third-order valence-corrected chi connectivity index (χ3v) is 3.62. The molecule has 17 heavy (non-hydrogen) atoms. The molecule has 94 valence electrons. The topological polar surface area (TPSA) is 13.1 Å². The van der Waals surface area contributed by atoms with Gasteiger partial charge in [-0.1, -0.05) is 59.7 Å². The number of hydrogen-bond donors (Lipinski definition) is 0. The first kappa shape index (κ1) is 13.8. The summed E-state index contributed by atoms with van der Waals surface area (Å²) < 4.78 is 5.59. The lowest BCUT2D eigenvalue weighted by Crippen LogP contribution is -2.24. The Bertz CT molecular complexity index is 463. The Morgan fingerprint density at radius 3 is 2.29 bits per heavy atom. The van der Waals surface area contributed by atoms with E-state index in [0.717, 1.165) is 5.58 Å². The van der Waals surface area contributed by atoms with Crippen molar-refractivity contribution in [3.8, 4) is 0 Å². The Hall–Kier alpha value is -1.24. The third kappa shape index (κ3) is 2.54. The van der Waals surface area contributed by atoms with Gasteiger partial charge in [0.15, 0.2) is 0 Å². The van der Waals surface area contributed by atoms with Crippen LogP contribution in [0.5, 0.6) is 0 Å². The Morgan fingerprint density at radius 2 is 1.71 bits per heavy atom. The van der Waals surface area contributed by atoms with Crippen molar-refractivity contribution in [1.82, 2.24) is 0 Å². The number of fused-ring (bicyclic) bond motifs is 1. The summed E-state index contributed by atoms with van der Waals surface area (Å²) in [4.78, 5) is 0. The quantitative estimate of drug-likeness (QED) is 0.676. The molecule has 1 aromatic carbocycles. The first-order chi connectivity index (χ1) is 8.03. The zero-order valence-corrected chi connectivity index (χ0v) is 11.9. The van der Waals surface area contributed by atoms with Gasteiger partial charge in [0.1, 0.15) is 5.58 Å². The lowest BCUT2D eigenvalue weighted by atomic mass is 9.75. The lowest BCUT2D eigenvalue weighted by Gasteiger charge is -2.29. The molecule has 0 atom stereocenters. The molecular formula is C16H24O. The summed E-state index contributed by atoms with van der Waals surface area (Å²) >= 11 is 0. The first-order valence-corrected chi connectivity index (χ1v) is 6.50. The largest absolute Gasteiger partial charge is 0.464 e. The minimum atomic E-state index is 0.150. The van der Waals surface area contributed by atoms with Crippen LogP contribution >= 0.6 is 0 Å². The fourth-order valence-electron chi connectivity index (χ4n) is 1.81. The number of rotatable bonds is 2. The van der Waals surface area contributed by atoms with Crippen molar-refractivity contribution < 1.29 is 4.42 Å². The van der Waals surface area contributed by atoms with Crippen molar-refractivity contribution in [2.24, 2.45) is 5.92 Å². The average Bonchev–Trinajstić information content (AvgIpc) is 2.78. The van der Waals surface area contributed by atoms with Crippen LogP contribution in [-0.4, -0.2) is 0 Å². The minimum Gasteiger partial charge on any atom is -0.464 e. The van der Waals surface area contributed by atoms with E-state index < -0.39 is 0 Å². The maximum absolute atomic E-state index is 5.59. The molecule has 1 aromatic heterocycles. The predicted molar refractivity (Wildman–Crippen MR) is 75.4 cm³/mol. The van der Waals surface area contributed by atoms with Gasteiger partial charge >= 0.3 is 0 Å². The summed E-state index contributed by atoms with van der Waals surface area (Å²) in [7, 11) is 0. The van der Waals surface area contributed by atoms with Crippen molar-refractivity contribution in [3.63, 3.8) is 0 Å². The SMILES string of the molecule is CC.CC(C)C(C)(C)c1cccc2ccoc12. The monoisotopic (exact) mass is 232 g/mol. The number of hydrogen-bond acceptors (Lipinski definition) is 1. The van der Waals surface area contributed by atoms with Crippen LogP contribution in [0.3, 0.4) is 0 Å². The van der Waals surface area contributed by atoms with Gasteiger partial charge in [-0.3, -0.25) is 0 Å². The Morgan fingerprint density at radius 1 is 1.06 bits per heavy atom. The van der Waals surface area contributed by atoms with E-state index in [2.05, 4.69) is 45.9 Å². The molecule has 0 spiro atoms. The third-order valence-electron chi connectivity index (χ3n) is 3.62. The second-order valence-corrected chi connectivity index (χ2v) is 5.02. The Labute approximate surface area is 105 Å². The molecule has 1 nitrogen and oxygen atoms in total. The van der Waals surface area contributed by atoms with Gasteiger partial charge in [0, 0.05) is 10.9 Å². The van der Waals surface area contributed by atoms with Crippen molar-refractivity contribution in [2.45, 2.75) is 47.0 Å². The highest BCUT2D eigenvalue weighted by molar-refractivity contribution is 5.81. The van der Waals surface area contributed by atoms with Gasteiger partial charge in [-0.15, -0.1) is 0 Å². The van der Waals surface area contributed by atoms with Crippen LogP contribution in [0, 0.1) is 5.92 Å². The van der Waals surface area contributed by atoms with E-state index in [1.165, 1.54) is 10.9 Å². The molecule has 0 bridgehead atoms. The Balaban J connectivity index is 0.000000686. The maximum Gasteiger partial charge on any atom is 0.137 e. The van der Waals surface area contributed by atoms with E-state index in [9.17, 15) is 0 Å². The van der Waals surface area contributed by atoms with E-state index in [1.54, 1.807) is 6.26 Å². The number of furan rings is 1. The fourth-order valence-corrected chi connectivity index (χ4v) is 1.81. The van der Waals surface area contributed by atoms with Crippen LogP contribution < -0.4 is 0 Å². The summed E-state index contributed by atoms with van der Waals surface area (Å²) in [6, 6.07) is 8.40. The highest BCUT2D eigenvalue weighted by Gasteiger charge is 2.27. The van der Waals surface area contributed by atoms with E-state index in [4.69, 9.17) is 4.42 Å². The molecule has 2 aromatic rings. The molecule has 1 heteroatoms. The van der Waals surface area contributed by atoms with Gasteiger partial charge in [0.2, 0.25) is 0 Å². The molecule has 0 N–H and O–H groups in total. The molecule has 0 radical (unpaired) electrons. The number of benzene rings is 1. The van der Waals surface area contributed by atoms with Crippen molar-refractivity contribution in [3.05, 3.63) is 36.1 Å². The maximum atomic E-state index is 5.59. The molecule has 0 aliphatic carbocycles. The first-order valence-electron chi connectivity index (χ1n) is 6.50. The van der Waals surface area contributed by atoms with E-state index >= 15 is 0 Å². The van der Waals surface area contributed by atoms with Crippen LogP contribution in [0.2, 0.25) is 0 Å². The smallest absolute Gasteiger partial charge is 0.137 e. The van der Waals surface area contributed by atoms with E-state index in [1.807, 2.05) is 19.9 Å². The van der Waals surface area contributed by atoms with Gasteiger partial charge in [0.25, 0.3) is 0 Å². The van der Waals surface area contributed by atoms with Gasteiger partial charge < -0.3 is 4.42 Å². The second-order valence-electron chi connectivity index (χ2n) is 5.02. The minimum absolute atomic E-state index is 0.150. The van der Waals surface area contributed by atoms with E-state index in [-0.39, 0.29) is 5.41 Å². The highest BCUT2D eigenvalue weighted by Crippen LogP contribution is 2.36. The van der Waals surface area contributed by atoms with Crippen LogP contribution in [-0.2, 0) is 5.41 Å². The van der Waals surface area contributed by atoms with Crippen LogP contribution in [0.4, 0.5) is 0 Å². The summed E-state index contributed by atoms with van der Waals surface area (Å²) in [5.41, 5.74) is 2.49. The average molecular weight is 232 g/mol. The molecular weight excluding hydrogens is 208 g/mol. The zero-order chi connectivity index (χ0) is 13.1. The van der Waals surface area contributed by atoms with Crippen molar-refractivity contribution in [2.75, 3.05) is 0 Å². The molecule has 0 aliphatic rings. The second kappa shape index (κ2) is 5.39. The highest BCUT2D eigenvalue weighted by atomic mass is 16.3. The molecule has 0 aliphatic heterocycles. The number of para-hydroxylation sites is 1. The van der Waals surface area contributed by atoms with Gasteiger partial charge in [-0.2, -0.15) is 0 Å².